The molecule has 0 amide bonds. The predicted molar refractivity (Wildman–Crippen MR) is 67.1 cm³/mol. The van der Waals surface area contributed by atoms with Gasteiger partial charge in [-0.25, -0.2) is 13.1 Å². The van der Waals surface area contributed by atoms with E-state index in [1.807, 2.05) is 0 Å². The van der Waals surface area contributed by atoms with E-state index in [4.69, 9.17) is 0 Å². The first-order valence-corrected chi connectivity index (χ1v) is 6.79. The standard InChI is InChI=1S/C12H19NO2S/c1-11-6-5-8-12(10-11)7-3-2-4-9-13-16(14)15/h5-6,8,10,16H,2-4,7,9H2,1H3,(H,13,14,15). The van der Waals surface area contributed by atoms with Crippen molar-refractivity contribution in [2.45, 2.75) is 32.6 Å². The number of nitrogens with one attached hydrogen (secondary N) is 1. The fraction of sp³-hybridized carbons (Fsp3) is 0.500. The Morgan fingerprint density at radius 1 is 1.19 bits per heavy atom. The summed E-state index contributed by atoms with van der Waals surface area (Å²) >= 11 is 0. The first kappa shape index (κ1) is 13.2. The molecule has 1 aromatic carbocycles. The van der Waals surface area contributed by atoms with Crippen molar-refractivity contribution in [2.75, 3.05) is 6.54 Å². The number of aryl methyl sites for hydroxylation is 2. The Kier molecular flexibility index (Phi) is 6.11. The van der Waals surface area contributed by atoms with Gasteiger partial charge in [0.05, 0.1) is 0 Å². The summed E-state index contributed by atoms with van der Waals surface area (Å²) in [4.78, 5) is 0. The summed E-state index contributed by atoms with van der Waals surface area (Å²) in [5.41, 5.74) is 2.66. The van der Waals surface area contributed by atoms with Crippen LogP contribution in [0.15, 0.2) is 24.3 Å². The van der Waals surface area contributed by atoms with Crippen molar-refractivity contribution in [1.82, 2.24) is 4.72 Å². The molecule has 0 aliphatic rings. The zero-order valence-corrected chi connectivity index (χ0v) is 10.5. The number of hydrogen-bond donors (Lipinski definition) is 2. The van der Waals surface area contributed by atoms with Crippen molar-refractivity contribution in [3.8, 4) is 0 Å². The minimum atomic E-state index is -2.42. The van der Waals surface area contributed by atoms with Gasteiger partial charge in [0, 0.05) is 6.54 Å². The van der Waals surface area contributed by atoms with E-state index in [9.17, 15) is 8.42 Å². The van der Waals surface area contributed by atoms with Crippen molar-refractivity contribution in [3.63, 3.8) is 0 Å². The summed E-state index contributed by atoms with van der Waals surface area (Å²) in [6.45, 7) is 2.66. The van der Waals surface area contributed by atoms with Crippen LogP contribution in [0.3, 0.4) is 0 Å². The molecular weight excluding hydrogens is 222 g/mol. The highest BCUT2D eigenvalue weighted by atomic mass is 32.2. The second-order valence-corrected chi connectivity index (χ2v) is 4.80. The van der Waals surface area contributed by atoms with Crippen molar-refractivity contribution < 1.29 is 8.42 Å². The lowest BCUT2D eigenvalue weighted by molar-refractivity contribution is 0.593. The summed E-state index contributed by atoms with van der Waals surface area (Å²) in [5.74, 6) is 0. The Hall–Kier alpha value is -0.870. The van der Waals surface area contributed by atoms with Gasteiger partial charge in [-0.3, -0.25) is 0 Å². The third-order valence-electron chi connectivity index (χ3n) is 2.47. The molecule has 0 saturated carbocycles. The number of hydrogen-bond acceptors (Lipinski definition) is 2. The van der Waals surface area contributed by atoms with E-state index in [1.165, 1.54) is 11.1 Å². The quantitative estimate of drug-likeness (QED) is 0.565. The summed E-state index contributed by atoms with van der Waals surface area (Å²) in [6.07, 6.45) is 4.16. The lowest BCUT2D eigenvalue weighted by atomic mass is 10.1. The van der Waals surface area contributed by atoms with Gasteiger partial charge >= 0.3 is 0 Å². The van der Waals surface area contributed by atoms with E-state index < -0.39 is 10.9 Å². The van der Waals surface area contributed by atoms with Gasteiger partial charge in [-0.1, -0.05) is 36.2 Å². The first-order chi connectivity index (χ1) is 7.68. The van der Waals surface area contributed by atoms with Crippen LogP contribution in [0.5, 0.6) is 0 Å². The molecule has 0 heterocycles. The van der Waals surface area contributed by atoms with Gasteiger partial charge in [-0.05, 0) is 31.7 Å². The topological polar surface area (TPSA) is 46.2 Å². The molecular formula is C12H19NO2S. The summed E-state index contributed by atoms with van der Waals surface area (Å²) in [6, 6.07) is 8.51. The van der Waals surface area contributed by atoms with Crippen molar-refractivity contribution in [3.05, 3.63) is 35.4 Å². The molecule has 0 aromatic heterocycles. The maximum atomic E-state index is 10.2. The first-order valence-electron chi connectivity index (χ1n) is 5.62. The monoisotopic (exact) mass is 241 g/mol. The molecule has 90 valence electrons. The second-order valence-electron chi connectivity index (χ2n) is 3.96. The van der Waals surface area contributed by atoms with E-state index >= 15 is 0 Å². The molecule has 0 spiro atoms. The molecule has 16 heavy (non-hydrogen) atoms. The average Bonchev–Trinajstić information content (AvgIpc) is 2.23. The van der Waals surface area contributed by atoms with Gasteiger partial charge in [0.25, 0.3) is 0 Å². The highest BCUT2D eigenvalue weighted by Crippen LogP contribution is 2.08. The van der Waals surface area contributed by atoms with Gasteiger partial charge in [-0.2, -0.15) is 0 Å². The van der Waals surface area contributed by atoms with E-state index in [0.717, 1.165) is 25.7 Å². The molecule has 3 nitrogen and oxygen atoms in total. The number of benzene rings is 1. The molecule has 1 rings (SSSR count). The Morgan fingerprint density at radius 3 is 2.69 bits per heavy atom. The van der Waals surface area contributed by atoms with E-state index in [2.05, 4.69) is 35.9 Å². The van der Waals surface area contributed by atoms with Crippen LogP contribution in [0.1, 0.15) is 30.4 Å². The Morgan fingerprint density at radius 2 is 2.00 bits per heavy atom. The van der Waals surface area contributed by atoms with E-state index in [1.54, 1.807) is 0 Å². The van der Waals surface area contributed by atoms with Gasteiger partial charge in [0.2, 0.25) is 10.9 Å². The maximum absolute atomic E-state index is 10.2. The van der Waals surface area contributed by atoms with Crippen LogP contribution in [0, 0.1) is 6.92 Å². The van der Waals surface area contributed by atoms with Gasteiger partial charge in [0.1, 0.15) is 0 Å². The Balaban J connectivity index is 2.11. The minimum absolute atomic E-state index is 0.562. The van der Waals surface area contributed by atoms with Crippen LogP contribution < -0.4 is 4.72 Å². The largest absolute Gasteiger partial charge is 0.218 e. The Labute approximate surface area is 99.0 Å². The minimum Gasteiger partial charge on any atom is -0.218 e. The fourth-order valence-corrected chi connectivity index (χ4v) is 2.01. The normalized spacial score (nSPS) is 10.9. The number of rotatable bonds is 7. The van der Waals surface area contributed by atoms with Crippen molar-refractivity contribution in [2.24, 2.45) is 0 Å². The van der Waals surface area contributed by atoms with Crippen molar-refractivity contribution >= 4 is 10.9 Å². The van der Waals surface area contributed by atoms with Crippen LogP contribution in [0.25, 0.3) is 0 Å². The SMILES string of the molecule is Cc1cccc(CCCCCN[SH](=O)=O)c1. The molecule has 0 aliphatic heterocycles. The van der Waals surface area contributed by atoms with Gasteiger partial charge in [-0.15, -0.1) is 0 Å². The molecule has 0 radical (unpaired) electrons. The summed E-state index contributed by atoms with van der Waals surface area (Å²) in [5, 5.41) is 0. The van der Waals surface area contributed by atoms with Crippen LogP contribution in [0.4, 0.5) is 0 Å². The predicted octanol–water partition coefficient (Wildman–Crippen LogP) is 1.82. The summed E-state index contributed by atoms with van der Waals surface area (Å²) < 4.78 is 22.8. The van der Waals surface area contributed by atoms with Crippen LogP contribution in [-0.4, -0.2) is 15.0 Å². The van der Waals surface area contributed by atoms with Crippen LogP contribution in [-0.2, 0) is 17.3 Å². The maximum Gasteiger partial charge on any atom is 0.201 e. The molecule has 1 N–H and O–H groups in total. The molecule has 0 unspecified atom stereocenters. The molecule has 0 atom stereocenters. The highest BCUT2D eigenvalue weighted by Gasteiger charge is 1.94. The zero-order chi connectivity index (χ0) is 11.8. The van der Waals surface area contributed by atoms with Gasteiger partial charge in [0.15, 0.2) is 0 Å². The number of thiol groups is 1. The zero-order valence-electron chi connectivity index (χ0n) is 9.61. The van der Waals surface area contributed by atoms with E-state index in [-0.39, 0.29) is 0 Å². The van der Waals surface area contributed by atoms with Crippen molar-refractivity contribution in [1.29, 1.82) is 0 Å². The molecule has 1 aromatic rings. The summed E-state index contributed by atoms with van der Waals surface area (Å²) in [7, 11) is -2.42. The third-order valence-corrected chi connectivity index (χ3v) is 2.95. The molecule has 0 fully saturated rings. The smallest absolute Gasteiger partial charge is 0.201 e. The van der Waals surface area contributed by atoms with E-state index in [0.29, 0.717) is 6.54 Å². The van der Waals surface area contributed by atoms with Crippen LogP contribution >= 0.6 is 0 Å². The molecule has 0 saturated heterocycles. The lowest BCUT2D eigenvalue weighted by Crippen LogP contribution is -2.12. The molecule has 4 heteroatoms. The second kappa shape index (κ2) is 7.41. The lowest BCUT2D eigenvalue weighted by Gasteiger charge is -2.02. The highest BCUT2D eigenvalue weighted by molar-refractivity contribution is 7.70. The average molecular weight is 241 g/mol. The van der Waals surface area contributed by atoms with Gasteiger partial charge < -0.3 is 0 Å². The molecule has 0 aliphatic carbocycles. The fourth-order valence-electron chi connectivity index (χ4n) is 1.67. The Bertz CT molecular complexity index is 380. The molecule has 0 bridgehead atoms. The number of unbranched alkanes of at least 4 members (excludes halogenated alkanes) is 2. The third kappa shape index (κ3) is 5.88. The van der Waals surface area contributed by atoms with Crippen LogP contribution in [0.2, 0.25) is 0 Å².